The molecule has 1 N–H and O–H groups in total. The van der Waals surface area contributed by atoms with Crippen molar-refractivity contribution < 1.29 is 4.74 Å². The van der Waals surface area contributed by atoms with Crippen molar-refractivity contribution in [3.05, 3.63) is 11.9 Å². The predicted octanol–water partition coefficient (Wildman–Crippen LogP) is 1.65. The summed E-state index contributed by atoms with van der Waals surface area (Å²) in [5.41, 5.74) is 0. The van der Waals surface area contributed by atoms with Gasteiger partial charge in [-0.15, -0.1) is 0 Å². The molecule has 0 saturated heterocycles. The van der Waals surface area contributed by atoms with Gasteiger partial charge in [0.15, 0.2) is 5.82 Å². The van der Waals surface area contributed by atoms with Gasteiger partial charge in [0.2, 0.25) is 0 Å². The molecular formula is C13H21N5O. The van der Waals surface area contributed by atoms with E-state index in [9.17, 15) is 0 Å². The number of nitrogens with one attached hydrogen (secondary N) is 1. The first-order valence-corrected chi connectivity index (χ1v) is 6.32. The molecule has 0 aliphatic heterocycles. The van der Waals surface area contributed by atoms with Gasteiger partial charge in [-0.25, -0.2) is 9.97 Å². The molecule has 0 fully saturated rings. The summed E-state index contributed by atoms with van der Waals surface area (Å²) in [7, 11) is 3.53. The maximum Gasteiger partial charge on any atom is 0.158 e. The molecule has 1 unspecified atom stereocenters. The zero-order chi connectivity index (χ0) is 14.3. The Bertz CT molecular complexity index is 419. The molecule has 1 aromatic heterocycles. The molecule has 6 heteroatoms. The van der Waals surface area contributed by atoms with Crippen LogP contribution in [0.5, 0.6) is 0 Å². The molecule has 0 spiro atoms. The largest absolute Gasteiger partial charge is 0.377 e. The van der Waals surface area contributed by atoms with E-state index in [0.29, 0.717) is 19.0 Å². The number of hydrogen-bond acceptors (Lipinski definition) is 6. The van der Waals surface area contributed by atoms with Crippen LogP contribution in [0.15, 0.2) is 6.07 Å². The summed E-state index contributed by atoms with van der Waals surface area (Å²) >= 11 is 0. The highest BCUT2D eigenvalue weighted by Gasteiger charge is 2.11. The van der Waals surface area contributed by atoms with Gasteiger partial charge in [0.05, 0.1) is 12.0 Å². The molecular weight excluding hydrogens is 242 g/mol. The smallest absolute Gasteiger partial charge is 0.158 e. The summed E-state index contributed by atoms with van der Waals surface area (Å²) in [6.07, 6.45) is 0. The van der Waals surface area contributed by atoms with E-state index in [1.807, 2.05) is 31.9 Å². The van der Waals surface area contributed by atoms with E-state index in [4.69, 9.17) is 10.00 Å². The van der Waals surface area contributed by atoms with Crippen LogP contribution in [-0.2, 0) is 11.3 Å². The second-order valence-electron chi connectivity index (χ2n) is 4.40. The second-order valence-corrected chi connectivity index (χ2v) is 4.40. The van der Waals surface area contributed by atoms with Crippen molar-refractivity contribution >= 4 is 11.6 Å². The number of aromatic nitrogens is 2. The number of nitriles is 1. The molecule has 6 nitrogen and oxygen atoms in total. The third-order valence-electron chi connectivity index (χ3n) is 2.55. The van der Waals surface area contributed by atoms with Crippen molar-refractivity contribution in [1.82, 2.24) is 9.97 Å². The van der Waals surface area contributed by atoms with E-state index >= 15 is 0 Å². The van der Waals surface area contributed by atoms with E-state index in [0.717, 1.165) is 18.2 Å². The fraction of sp³-hybridized carbons (Fsp3) is 0.615. The van der Waals surface area contributed by atoms with Gasteiger partial charge in [-0.1, -0.05) is 0 Å². The Kier molecular flexibility index (Phi) is 6.03. The van der Waals surface area contributed by atoms with Crippen LogP contribution in [0.4, 0.5) is 11.6 Å². The topological polar surface area (TPSA) is 74.1 Å². The van der Waals surface area contributed by atoms with Crippen molar-refractivity contribution in [2.75, 3.05) is 37.5 Å². The number of rotatable bonds is 7. The van der Waals surface area contributed by atoms with Crippen LogP contribution in [0.25, 0.3) is 0 Å². The summed E-state index contributed by atoms with van der Waals surface area (Å²) in [5, 5.41) is 12.0. The fourth-order valence-electron chi connectivity index (χ4n) is 1.69. The highest BCUT2D eigenvalue weighted by atomic mass is 16.5. The van der Waals surface area contributed by atoms with Crippen molar-refractivity contribution in [3.8, 4) is 6.07 Å². The quantitative estimate of drug-likeness (QED) is 0.806. The van der Waals surface area contributed by atoms with E-state index < -0.39 is 0 Å². The van der Waals surface area contributed by atoms with Crippen molar-refractivity contribution in [2.24, 2.45) is 5.92 Å². The maximum absolute atomic E-state index is 8.87. The Labute approximate surface area is 114 Å². The van der Waals surface area contributed by atoms with Crippen LogP contribution in [0.1, 0.15) is 19.7 Å². The minimum atomic E-state index is -0.0478. The van der Waals surface area contributed by atoms with Crippen molar-refractivity contribution in [1.29, 1.82) is 5.26 Å². The van der Waals surface area contributed by atoms with Gasteiger partial charge < -0.3 is 15.0 Å². The summed E-state index contributed by atoms with van der Waals surface area (Å²) < 4.78 is 5.07. The lowest BCUT2D eigenvalue weighted by molar-refractivity contribution is 0.178. The number of anilines is 2. The maximum atomic E-state index is 8.87. The number of ether oxygens (including phenoxy) is 1. The average molecular weight is 263 g/mol. The summed E-state index contributed by atoms with van der Waals surface area (Å²) in [6, 6.07) is 4.10. The Morgan fingerprint density at radius 2 is 2.26 bits per heavy atom. The van der Waals surface area contributed by atoms with Crippen LogP contribution in [0, 0.1) is 17.2 Å². The first-order valence-electron chi connectivity index (χ1n) is 6.32. The number of hydrogen-bond donors (Lipinski definition) is 1. The zero-order valence-electron chi connectivity index (χ0n) is 12.0. The average Bonchev–Trinajstić information content (AvgIpc) is 2.39. The van der Waals surface area contributed by atoms with E-state index in [2.05, 4.69) is 21.4 Å². The fourth-order valence-corrected chi connectivity index (χ4v) is 1.69. The van der Waals surface area contributed by atoms with Crippen LogP contribution < -0.4 is 10.2 Å². The predicted molar refractivity (Wildman–Crippen MR) is 75.0 cm³/mol. The Hall–Kier alpha value is -1.87. The van der Waals surface area contributed by atoms with Crippen LogP contribution in [0.3, 0.4) is 0 Å². The Morgan fingerprint density at radius 1 is 1.53 bits per heavy atom. The number of nitrogens with zero attached hydrogens (tertiary/aromatic N) is 4. The van der Waals surface area contributed by atoms with Gasteiger partial charge in [-0.3, -0.25) is 0 Å². The molecule has 19 heavy (non-hydrogen) atoms. The molecule has 1 atom stereocenters. The highest BCUT2D eigenvalue weighted by molar-refractivity contribution is 5.49. The van der Waals surface area contributed by atoms with Gasteiger partial charge in [0, 0.05) is 33.3 Å². The van der Waals surface area contributed by atoms with E-state index in [1.165, 1.54) is 0 Å². The van der Waals surface area contributed by atoms with Crippen molar-refractivity contribution in [2.45, 2.75) is 20.5 Å². The molecule has 0 saturated carbocycles. The molecule has 0 aromatic carbocycles. The molecule has 0 bridgehead atoms. The van der Waals surface area contributed by atoms with Gasteiger partial charge in [-0.05, 0) is 13.8 Å². The minimum Gasteiger partial charge on any atom is -0.377 e. The van der Waals surface area contributed by atoms with E-state index in [1.54, 1.807) is 7.11 Å². The lowest BCUT2D eigenvalue weighted by Gasteiger charge is -2.20. The lowest BCUT2D eigenvalue weighted by Crippen LogP contribution is -2.25. The monoisotopic (exact) mass is 263 g/mol. The van der Waals surface area contributed by atoms with E-state index in [-0.39, 0.29) is 5.92 Å². The first-order chi connectivity index (χ1) is 9.10. The van der Waals surface area contributed by atoms with Gasteiger partial charge in [0.1, 0.15) is 18.2 Å². The zero-order valence-corrected chi connectivity index (χ0v) is 12.0. The second kappa shape index (κ2) is 7.54. The molecule has 104 valence electrons. The Morgan fingerprint density at radius 3 is 2.84 bits per heavy atom. The normalized spacial score (nSPS) is 11.7. The molecule has 1 rings (SSSR count). The number of methoxy groups -OCH3 is 1. The standard InChI is InChI=1S/C13H21N5O/c1-5-15-11-6-13(17-12(16-11)9-19-4)18(3)8-10(2)7-14/h6,10H,5,8-9H2,1-4H3,(H,15,16,17). The minimum absolute atomic E-state index is 0.0478. The van der Waals surface area contributed by atoms with Crippen LogP contribution in [0.2, 0.25) is 0 Å². The van der Waals surface area contributed by atoms with Gasteiger partial charge in [-0.2, -0.15) is 5.26 Å². The van der Waals surface area contributed by atoms with Crippen LogP contribution in [-0.4, -0.2) is 37.2 Å². The van der Waals surface area contributed by atoms with Gasteiger partial charge in [0.25, 0.3) is 0 Å². The summed E-state index contributed by atoms with van der Waals surface area (Å²) in [6.45, 7) is 5.69. The molecule has 0 radical (unpaired) electrons. The molecule has 1 heterocycles. The highest BCUT2D eigenvalue weighted by Crippen LogP contribution is 2.16. The third kappa shape index (κ3) is 4.72. The Balaban J connectivity index is 2.94. The molecule has 1 aromatic rings. The first kappa shape index (κ1) is 15.2. The SMILES string of the molecule is CCNc1cc(N(C)CC(C)C#N)nc(COC)n1. The van der Waals surface area contributed by atoms with Crippen molar-refractivity contribution in [3.63, 3.8) is 0 Å². The van der Waals surface area contributed by atoms with Crippen LogP contribution >= 0.6 is 0 Å². The summed E-state index contributed by atoms with van der Waals surface area (Å²) in [5.74, 6) is 2.15. The third-order valence-corrected chi connectivity index (χ3v) is 2.55. The van der Waals surface area contributed by atoms with Gasteiger partial charge >= 0.3 is 0 Å². The molecule has 0 amide bonds. The molecule has 0 aliphatic carbocycles. The lowest BCUT2D eigenvalue weighted by atomic mass is 10.2. The summed E-state index contributed by atoms with van der Waals surface area (Å²) in [4.78, 5) is 10.7. The molecule has 0 aliphatic rings.